The van der Waals surface area contributed by atoms with Crippen LogP contribution in [-0.2, 0) is 6.54 Å². The molecule has 1 N–H and O–H groups in total. The van der Waals surface area contributed by atoms with E-state index in [4.69, 9.17) is 0 Å². The zero-order chi connectivity index (χ0) is 13.8. The lowest BCUT2D eigenvalue weighted by atomic mass is 9.85. The van der Waals surface area contributed by atoms with Crippen LogP contribution in [0.15, 0.2) is 18.2 Å². The fourth-order valence-electron chi connectivity index (χ4n) is 2.09. The van der Waals surface area contributed by atoms with Crippen LogP contribution in [0.4, 0.5) is 11.4 Å². The van der Waals surface area contributed by atoms with E-state index in [1.54, 1.807) is 0 Å². The molecule has 2 rings (SSSR count). The van der Waals surface area contributed by atoms with Gasteiger partial charge < -0.3 is 5.32 Å². The molecule has 0 aliphatic heterocycles. The third-order valence-corrected chi connectivity index (χ3v) is 3.45. The van der Waals surface area contributed by atoms with Gasteiger partial charge in [0.1, 0.15) is 0 Å². The summed E-state index contributed by atoms with van der Waals surface area (Å²) in [6, 6.07) is 3.76. The predicted molar refractivity (Wildman–Crippen MR) is 68.8 cm³/mol. The maximum absolute atomic E-state index is 10.9. The lowest BCUT2D eigenvalue weighted by molar-refractivity contribution is -0.394. The molecule has 0 amide bonds. The van der Waals surface area contributed by atoms with Gasteiger partial charge in [0.15, 0.2) is 0 Å². The van der Waals surface area contributed by atoms with E-state index in [1.165, 1.54) is 31.4 Å². The zero-order valence-corrected chi connectivity index (χ0v) is 10.4. The smallest absolute Gasteiger partial charge is 0.280 e. The van der Waals surface area contributed by atoms with E-state index in [2.05, 4.69) is 5.32 Å². The van der Waals surface area contributed by atoms with Gasteiger partial charge in [-0.15, -0.1) is 0 Å². The van der Waals surface area contributed by atoms with Gasteiger partial charge >= 0.3 is 0 Å². The highest BCUT2D eigenvalue weighted by atomic mass is 16.6. The lowest BCUT2D eigenvalue weighted by Crippen LogP contribution is -2.27. The van der Waals surface area contributed by atoms with Crippen molar-refractivity contribution in [3.8, 4) is 0 Å². The Balaban J connectivity index is 2.05. The Morgan fingerprint density at radius 3 is 2.47 bits per heavy atom. The molecule has 19 heavy (non-hydrogen) atoms. The molecule has 1 aromatic carbocycles. The fourth-order valence-corrected chi connectivity index (χ4v) is 2.09. The highest BCUT2D eigenvalue weighted by Gasteiger charge is 2.20. The van der Waals surface area contributed by atoms with Crippen molar-refractivity contribution >= 4 is 11.4 Å². The molecule has 0 bridgehead atoms. The first-order chi connectivity index (χ1) is 9.08. The summed E-state index contributed by atoms with van der Waals surface area (Å²) in [7, 11) is 0. The third kappa shape index (κ3) is 3.25. The van der Waals surface area contributed by atoms with Gasteiger partial charge in [-0.2, -0.15) is 0 Å². The van der Waals surface area contributed by atoms with E-state index in [0.29, 0.717) is 18.0 Å². The van der Waals surface area contributed by atoms with Gasteiger partial charge in [0.05, 0.1) is 15.9 Å². The van der Waals surface area contributed by atoms with Gasteiger partial charge in [0.2, 0.25) is 0 Å². The van der Waals surface area contributed by atoms with Gasteiger partial charge in [0.25, 0.3) is 11.4 Å². The average Bonchev–Trinajstić information content (AvgIpc) is 2.32. The largest absolute Gasteiger partial charge is 0.312 e. The monoisotopic (exact) mass is 265 g/mol. The van der Waals surface area contributed by atoms with Crippen molar-refractivity contribution < 1.29 is 9.85 Å². The molecule has 0 unspecified atom stereocenters. The van der Waals surface area contributed by atoms with Gasteiger partial charge in [-0.3, -0.25) is 20.2 Å². The second-order valence-corrected chi connectivity index (χ2v) is 4.76. The van der Waals surface area contributed by atoms with Crippen LogP contribution in [-0.4, -0.2) is 16.4 Å². The first kappa shape index (κ1) is 13.4. The van der Waals surface area contributed by atoms with Crippen LogP contribution >= 0.6 is 0 Å². The summed E-state index contributed by atoms with van der Waals surface area (Å²) >= 11 is 0. The van der Waals surface area contributed by atoms with Crippen LogP contribution < -0.4 is 5.32 Å². The molecule has 0 spiro atoms. The van der Waals surface area contributed by atoms with Crippen LogP contribution in [0, 0.1) is 26.1 Å². The highest BCUT2D eigenvalue weighted by molar-refractivity contribution is 5.49. The predicted octanol–water partition coefficient (Wildman–Crippen LogP) is 2.39. The summed E-state index contributed by atoms with van der Waals surface area (Å²) in [5, 5.41) is 24.7. The summed E-state index contributed by atoms with van der Waals surface area (Å²) in [5.74, 6) is 0.664. The lowest BCUT2D eigenvalue weighted by Gasteiger charge is -2.25. The van der Waals surface area contributed by atoms with Gasteiger partial charge in [0, 0.05) is 18.2 Å². The number of nitro groups is 2. The van der Waals surface area contributed by atoms with Gasteiger partial charge in [-0.25, -0.2) is 0 Å². The zero-order valence-electron chi connectivity index (χ0n) is 10.4. The molecule has 0 aromatic heterocycles. The Kier molecular flexibility index (Phi) is 4.06. The van der Waals surface area contributed by atoms with Crippen LogP contribution in [0.2, 0.25) is 0 Å². The molecule has 1 aromatic rings. The van der Waals surface area contributed by atoms with E-state index >= 15 is 0 Å². The molecule has 0 radical (unpaired) electrons. The minimum absolute atomic E-state index is 0.199. The number of hydrogen-bond acceptors (Lipinski definition) is 5. The van der Waals surface area contributed by atoms with Crippen LogP contribution in [0.1, 0.15) is 24.8 Å². The molecule has 102 valence electrons. The van der Waals surface area contributed by atoms with Crippen molar-refractivity contribution in [2.24, 2.45) is 5.92 Å². The quantitative estimate of drug-likeness (QED) is 0.629. The average molecular weight is 265 g/mol. The number of non-ortho nitro benzene ring substituents is 1. The Hall–Kier alpha value is -2.02. The molecular formula is C12H15N3O4. The number of benzene rings is 1. The molecule has 1 aliphatic rings. The summed E-state index contributed by atoms with van der Waals surface area (Å²) in [6.07, 6.45) is 3.66. The van der Waals surface area contributed by atoms with E-state index in [9.17, 15) is 20.2 Å². The Morgan fingerprint density at radius 2 is 1.95 bits per heavy atom. The molecule has 0 heterocycles. The molecule has 0 saturated heterocycles. The number of rotatable bonds is 6. The third-order valence-electron chi connectivity index (χ3n) is 3.45. The van der Waals surface area contributed by atoms with Gasteiger partial charge in [-0.05, 0) is 31.4 Å². The van der Waals surface area contributed by atoms with E-state index < -0.39 is 9.85 Å². The first-order valence-corrected chi connectivity index (χ1v) is 6.20. The van der Waals surface area contributed by atoms with Crippen LogP contribution in [0.5, 0.6) is 0 Å². The second kappa shape index (κ2) is 5.75. The summed E-state index contributed by atoms with van der Waals surface area (Å²) in [6.45, 7) is 1.21. The molecule has 1 saturated carbocycles. The Morgan fingerprint density at radius 1 is 1.21 bits per heavy atom. The maximum atomic E-state index is 10.9. The van der Waals surface area contributed by atoms with Crippen molar-refractivity contribution in [3.05, 3.63) is 44.0 Å². The summed E-state index contributed by atoms with van der Waals surface area (Å²) in [5.41, 5.74) is 0.0275. The van der Waals surface area contributed by atoms with E-state index in [1.807, 2.05) is 0 Å². The van der Waals surface area contributed by atoms with Crippen molar-refractivity contribution in [2.45, 2.75) is 25.8 Å². The topological polar surface area (TPSA) is 98.3 Å². The molecule has 0 atom stereocenters. The number of nitrogens with zero attached hydrogens (tertiary/aromatic N) is 2. The number of nitro benzene ring substituents is 2. The van der Waals surface area contributed by atoms with Gasteiger partial charge in [-0.1, -0.05) is 6.42 Å². The van der Waals surface area contributed by atoms with E-state index in [0.717, 1.165) is 12.6 Å². The SMILES string of the molecule is O=[N+]([O-])c1ccc(CNCC2CCC2)c([N+](=O)[O-])c1. The molecular weight excluding hydrogens is 250 g/mol. The molecule has 1 fully saturated rings. The summed E-state index contributed by atoms with van der Waals surface area (Å²) in [4.78, 5) is 20.3. The van der Waals surface area contributed by atoms with Crippen molar-refractivity contribution in [1.82, 2.24) is 5.32 Å². The molecule has 1 aliphatic carbocycles. The van der Waals surface area contributed by atoms with E-state index in [-0.39, 0.29) is 11.4 Å². The second-order valence-electron chi connectivity index (χ2n) is 4.76. The van der Waals surface area contributed by atoms with Crippen molar-refractivity contribution in [3.63, 3.8) is 0 Å². The standard InChI is InChI=1S/C12H15N3O4/c16-14(17)11-5-4-10(12(6-11)15(18)19)8-13-7-9-2-1-3-9/h4-6,9,13H,1-3,7-8H2. The van der Waals surface area contributed by atoms with Crippen LogP contribution in [0.3, 0.4) is 0 Å². The number of nitrogens with one attached hydrogen (secondary N) is 1. The highest BCUT2D eigenvalue weighted by Crippen LogP contribution is 2.27. The number of hydrogen-bond donors (Lipinski definition) is 1. The van der Waals surface area contributed by atoms with Crippen LogP contribution in [0.25, 0.3) is 0 Å². The first-order valence-electron chi connectivity index (χ1n) is 6.20. The Bertz CT molecular complexity index is 500. The Labute approximate surface area is 109 Å². The minimum Gasteiger partial charge on any atom is -0.312 e. The normalized spacial score (nSPS) is 14.9. The van der Waals surface area contributed by atoms with Crippen molar-refractivity contribution in [1.29, 1.82) is 0 Å². The fraction of sp³-hybridized carbons (Fsp3) is 0.500. The minimum atomic E-state index is -0.626. The summed E-state index contributed by atoms with van der Waals surface area (Å²) < 4.78 is 0. The molecule has 7 nitrogen and oxygen atoms in total. The molecule has 7 heteroatoms. The maximum Gasteiger partial charge on any atom is 0.280 e. The van der Waals surface area contributed by atoms with Crippen molar-refractivity contribution in [2.75, 3.05) is 6.54 Å².